The topological polar surface area (TPSA) is 125 Å². The Hall–Kier alpha value is -3.68. The van der Waals surface area contributed by atoms with Gasteiger partial charge >= 0.3 is 0 Å². The maximum Gasteiger partial charge on any atom is 0.293 e. The minimum absolute atomic E-state index is 0.149. The zero-order chi connectivity index (χ0) is 27.8. The normalized spacial score (nSPS) is 12.9. The summed E-state index contributed by atoms with van der Waals surface area (Å²) in [6, 6.07) is 7.86. The molecule has 194 valence electrons. The molecule has 0 saturated heterocycles. The molecule has 0 amide bonds. The molecule has 0 aliphatic heterocycles. The molecule has 0 radical (unpaired) electrons. The molecule has 0 bridgehead atoms. The Balaban J connectivity index is 0. The molecule has 0 aliphatic carbocycles. The number of nitrogens with zero attached hydrogens (tertiary/aromatic N) is 1. The van der Waals surface area contributed by atoms with Crippen molar-refractivity contribution in [2.45, 2.75) is 61.5 Å². The summed E-state index contributed by atoms with van der Waals surface area (Å²) >= 11 is 0. The lowest BCUT2D eigenvalue weighted by molar-refractivity contribution is -0.418. The minimum atomic E-state index is -0.579. The summed E-state index contributed by atoms with van der Waals surface area (Å²) in [5, 5.41) is 13.2. The van der Waals surface area contributed by atoms with Crippen LogP contribution in [0.15, 0.2) is 71.7 Å². The van der Waals surface area contributed by atoms with E-state index in [1.807, 2.05) is 38.1 Å². The van der Waals surface area contributed by atoms with E-state index in [1.54, 1.807) is 20.9 Å². The Labute approximate surface area is 209 Å². The average molecular weight is 488 g/mol. The molecular weight excluding hydrogens is 446 g/mol. The molecule has 1 aromatic carbocycles. The van der Waals surface area contributed by atoms with Crippen LogP contribution in [0.25, 0.3) is 0 Å². The summed E-state index contributed by atoms with van der Waals surface area (Å²) in [7, 11) is 1.58. The molecule has 0 saturated carbocycles. The number of allylic oxidation sites excluding steroid dienone is 5. The summed E-state index contributed by atoms with van der Waals surface area (Å²) in [6.45, 7) is 19.6. The average Bonchev–Trinajstić information content (AvgIpc) is 2.73. The fraction of sp³-hybridized carbons (Fsp3) is 0.407. The summed E-state index contributed by atoms with van der Waals surface area (Å²) in [6.07, 6.45) is 3.54. The van der Waals surface area contributed by atoms with E-state index in [0.29, 0.717) is 23.2 Å². The van der Waals surface area contributed by atoms with E-state index in [-0.39, 0.29) is 23.3 Å². The number of Topliss-reactive ketones (excluding diaryl/α,β-unsaturated/α-hetero) is 1. The fourth-order valence-electron chi connectivity index (χ4n) is 2.38. The molecule has 0 aliphatic rings. The van der Waals surface area contributed by atoms with Gasteiger partial charge in [-0.05, 0) is 55.9 Å². The second kappa shape index (κ2) is 16.9. The Morgan fingerprint density at radius 1 is 1.20 bits per heavy atom. The van der Waals surface area contributed by atoms with Crippen molar-refractivity contribution in [3.63, 3.8) is 0 Å². The molecule has 35 heavy (non-hydrogen) atoms. The first kappa shape index (κ1) is 33.5. The minimum Gasteiger partial charge on any atom is -0.460 e. The quantitative estimate of drug-likeness (QED) is 0.154. The van der Waals surface area contributed by atoms with Crippen molar-refractivity contribution in [1.82, 2.24) is 5.32 Å². The third-order valence-corrected chi connectivity index (χ3v) is 4.04. The van der Waals surface area contributed by atoms with Crippen LogP contribution in [-0.2, 0) is 14.3 Å². The Morgan fingerprint density at radius 2 is 1.71 bits per heavy atom. The smallest absolute Gasteiger partial charge is 0.293 e. The molecule has 0 aromatic heterocycles. The Kier molecular flexibility index (Phi) is 16.1. The highest BCUT2D eigenvalue weighted by Crippen LogP contribution is 2.19. The van der Waals surface area contributed by atoms with E-state index in [2.05, 4.69) is 39.6 Å². The number of likely N-dealkylation sites (N-methyl/N-ethyl adjacent to an activating group) is 1. The standard InChI is InChI=1S/C12H17N3O3.C10H12O2.C5H12/c1-5-10(15(17)18)7-6-8(2)12(16)11(14-4)9(3)13;1-8-5-3-4-6-10(8)9(2)12-7-11;1-5(2,3)4/h5-7,14H,1,13H2,2-4H3;3-7,9H,1-2H3;1-4H3/b8-6+,10-7+,11-9+;;. The number of hydrogen-bond donors (Lipinski definition) is 2. The van der Waals surface area contributed by atoms with Crippen LogP contribution < -0.4 is 11.1 Å². The van der Waals surface area contributed by atoms with Gasteiger partial charge < -0.3 is 15.8 Å². The lowest BCUT2D eigenvalue weighted by atomic mass is 10.0. The lowest BCUT2D eigenvalue weighted by Crippen LogP contribution is -2.21. The maximum atomic E-state index is 11.9. The molecule has 1 rings (SSSR count). The summed E-state index contributed by atoms with van der Waals surface area (Å²) in [4.78, 5) is 31.9. The number of ether oxygens (including phenoxy) is 1. The highest BCUT2D eigenvalue weighted by molar-refractivity contribution is 6.07. The van der Waals surface area contributed by atoms with Gasteiger partial charge in [0.2, 0.25) is 5.78 Å². The van der Waals surface area contributed by atoms with Crippen LogP contribution in [0, 0.1) is 22.5 Å². The number of nitrogens with one attached hydrogen (secondary N) is 1. The molecule has 8 nitrogen and oxygen atoms in total. The van der Waals surface area contributed by atoms with Gasteiger partial charge in [-0.25, -0.2) is 0 Å². The Bertz CT molecular complexity index is 944. The van der Waals surface area contributed by atoms with E-state index in [4.69, 9.17) is 10.5 Å². The van der Waals surface area contributed by atoms with Crippen LogP contribution in [0.4, 0.5) is 0 Å². The monoisotopic (exact) mass is 487 g/mol. The van der Waals surface area contributed by atoms with Crippen molar-refractivity contribution >= 4 is 12.3 Å². The van der Waals surface area contributed by atoms with Crippen LogP contribution in [-0.4, -0.2) is 24.2 Å². The number of hydrogen-bond acceptors (Lipinski definition) is 7. The largest absolute Gasteiger partial charge is 0.460 e. The van der Waals surface area contributed by atoms with Gasteiger partial charge in [-0.2, -0.15) is 0 Å². The van der Waals surface area contributed by atoms with Crippen molar-refractivity contribution in [2.75, 3.05) is 7.05 Å². The van der Waals surface area contributed by atoms with E-state index in [9.17, 15) is 19.7 Å². The van der Waals surface area contributed by atoms with Crippen molar-refractivity contribution in [3.05, 3.63) is 93.0 Å². The van der Waals surface area contributed by atoms with Crippen molar-refractivity contribution in [1.29, 1.82) is 0 Å². The number of ketones is 1. The highest BCUT2D eigenvalue weighted by Gasteiger charge is 2.12. The van der Waals surface area contributed by atoms with E-state index in [1.165, 1.54) is 12.2 Å². The van der Waals surface area contributed by atoms with Gasteiger partial charge in [-0.3, -0.25) is 19.7 Å². The van der Waals surface area contributed by atoms with Crippen molar-refractivity contribution < 1.29 is 19.2 Å². The van der Waals surface area contributed by atoms with Gasteiger partial charge in [0.25, 0.3) is 12.2 Å². The fourth-order valence-corrected chi connectivity index (χ4v) is 2.38. The number of nitro groups is 1. The third kappa shape index (κ3) is 15.7. The second-order valence-electron chi connectivity index (χ2n) is 9.27. The van der Waals surface area contributed by atoms with Crippen LogP contribution in [0.2, 0.25) is 0 Å². The number of carbonyl (C=O) groups excluding carboxylic acids is 2. The first-order valence-corrected chi connectivity index (χ1v) is 11.1. The number of carbonyl (C=O) groups is 2. The predicted octanol–water partition coefficient (Wildman–Crippen LogP) is 5.54. The molecule has 1 aromatic rings. The lowest BCUT2D eigenvalue weighted by Gasteiger charge is -2.11. The van der Waals surface area contributed by atoms with Gasteiger partial charge in [0.15, 0.2) is 0 Å². The van der Waals surface area contributed by atoms with Gasteiger partial charge in [0.1, 0.15) is 11.8 Å². The van der Waals surface area contributed by atoms with Gasteiger partial charge in [-0.1, -0.05) is 58.5 Å². The highest BCUT2D eigenvalue weighted by atomic mass is 16.6. The molecule has 1 unspecified atom stereocenters. The molecule has 3 N–H and O–H groups in total. The number of rotatable bonds is 9. The van der Waals surface area contributed by atoms with Crippen molar-refractivity contribution in [3.8, 4) is 0 Å². The van der Waals surface area contributed by atoms with Crippen molar-refractivity contribution in [2.24, 2.45) is 11.1 Å². The van der Waals surface area contributed by atoms with Gasteiger partial charge in [0, 0.05) is 24.9 Å². The van der Waals surface area contributed by atoms with Crippen LogP contribution in [0.3, 0.4) is 0 Å². The zero-order valence-corrected chi connectivity index (χ0v) is 22.5. The predicted molar refractivity (Wildman–Crippen MR) is 142 cm³/mol. The third-order valence-electron chi connectivity index (χ3n) is 4.04. The Morgan fingerprint density at radius 3 is 2.09 bits per heavy atom. The summed E-state index contributed by atoms with van der Waals surface area (Å²) < 4.78 is 4.83. The van der Waals surface area contributed by atoms with Crippen LogP contribution >= 0.6 is 0 Å². The SMILES string of the molecule is C=C/C(=C\C=C(/C)C(=O)/C(NC)=C(/C)N)[N+](=O)[O-].CC(C)(C)C.Cc1ccccc1C(C)OC=O. The summed E-state index contributed by atoms with van der Waals surface area (Å²) in [5.74, 6) is -0.305. The molecule has 1 atom stereocenters. The zero-order valence-electron chi connectivity index (χ0n) is 22.5. The molecule has 0 heterocycles. The second-order valence-corrected chi connectivity index (χ2v) is 9.27. The molecule has 0 fully saturated rings. The molecular formula is C27H41N3O5. The number of nitrogens with two attached hydrogens (primary N) is 1. The number of aryl methyl sites for hydroxylation is 1. The van der Waals surface area contributed by atoms with Crippen LogP contribution in [0.1, 0.15) is 65.7 Å². The molecule has 8 heteroatoms. The summed E-state index contributed by atoms with van der Waals surface area (Å²) in [5.41, 5.74) is 9.04. The molecule has 0 spiro atoms. The first-order chi connectivity index (χ1) is 16.1. The van der Waals surface area contributed by atoms with E-state index in [0.717, 1.165) is 17.2 Å². The van der Waals surface area contributed by atoms with E-state index >= 15 is 0 Å². The van der Waals surface area contributed by atoms with Gasteiger partial charge in [0.05, 0.1) is 4.92 Å². The van der Waals surface area contributed by atoms with E-state index < -0.39 is 4.92 Å². The van der Waals surface area contributed by atoms with Crippen LogP contribution in [0.5, 0.6) is 0 Å². The first-order valence-electron chi connectivity index (χ1n) is 11.1. The number of benzene rings is 1. The maximum absolute atomic E-state index is 11.9. The van der Waals surface area contributed by atoms with Gasteiger partial charge in [-0.15, -0.1) is 0 Å².